The lowest BCUT2D eigenvalue weighted by atomic mass is 9.85. The van der Waals surface area contributed by atoms with Gasteiger partial charge in [0, 0.05) is 30.0 Å². The van der Waals surface area contributed by atoms with E-state index in [1.165, 1.54) is 29.6 Å². The molecule has 0 radical (unpaired) electrons. The third-order valence-corrected chi connectivity index (χ3v) is 4.20. The molecule has 0 unspecified atom stereocenters. The second kappa shape index (κ2) is 5.38. The fourth-order valence-electron chi connectivity index (χ4n) is 3.12. The van der Waals surface area contributed by atoms with Gasteiger partial charge in [0.25, 0.3) is 0 Å². The number of ether oxygens (including phenoxy) is 2. The molecule has 114 valence electrons. The normalized spacial score (nSPS) is 15.2. The smallest absolute Gasteiger partial charge is 0.188 e. The molecule has 1 aromatic heterocycles. The van der Waals surface area contributed by atoms with Crippen molar-refractivity contribution < 1.29 is 13.9 Å². The summed E-state index contributed by atoms with van der Waals surface area (Å²) in [4.78, 5) is 0. The van der Waals surface area contributed by atoms with Crippen molar-refractivity contribution in [1.29, 1.82) is 0 Å². The topological polar surface area (TPSA) is 31.6 Å². The number of aryl methyl sites for hydroxylation is 2. The highest BCUT2D eigenvalue weighted by atomic mass is 16.7. The number of benzene rings is 1. The van der Waals surface area contributed by atoms with Gasteiger partial charge in [-0.15, -0.1) is 0 Å². The molecule has 0 aliphatic heterocycles. The number of hydrogen-bond acceptors (Lipinski definition) is 3. The van der Waals surface area contributed by atoms with Crippen LogP contribution >= 0.6 is 0 Å². The van der Waals surface area contributed by atoms with Gasteiger partial charge >= 0.3 is 0 Å². The lowest BCUT2D eigenvalue weighted by Gasteiger charge is -2.22. The zero-order valence-electron chi connectivity index (χ0n) is 13.4. The van der Waals surface area contributed by atoms with Gasteiger partial charge in [-0.05, 0) is 36.8 Å². The molecule has 0 fully saturated rings. The van der Waals surface area contributed by atoms with E-state index in [0.717, 1.165) is 29.7 Å². The molecule has 3 heteroatoms. The van der Waals surface area contributed by atoms with Gasteiger partial charge in [-0.3, -0.25) is 0 Å². The van der Waals surface area contributed by atoms with Crippen LogP contribution in [0.15, 0.2) is 16.5 Å². The molecule has 0 bridgehead atoms. The maximum atomic E-state index is 6.10. The monoisotopic (exact) mass is 288 g/mol. The van der Waals surface area contributed by atoms with E-state index >= 15 is 0 Å². The number of methoxy groups -OCH3 is 1. The highest BCUT2D eigenvalue weighted by Gasteiger charge is 2.24. The number of hydrogen-bond donors (Lipinski definition) is 0. The quantitative estimate of drug-likeness (QED) is 0.774. The minimum Gasteiger partial charge on any atom is -0.467 e. The molecule has 0 spiro atoms. The summed E-state index contributed by atoms with van der Waals surface area (Å²) < 4.78 is 17.0. The van der Waals surface area contributed by atoms with Crippen LogP contribution in [0.25, 0.3) is 11.0 Å². The molecule has 1 heterocycles. The molecular weight excluding hydrogens is 264 g/mol. The van der Waals surface area contributed by atoms with Gasteiger partial charge in [0.15, 0.2) is 6.79 Å². The molecule has 0 atom stereocenters. The Bertz CT molecular complexity index is 647. The Morgan fingerprint density at radius 2 is 1.90 bits per heavy atom. The van der Waals surface area contributed by atoms with Crippen molar-refractivity contribution in [1.82, 2.24) is 0 Å². The van der Waals surface area contributed by atoms with Crippen LogP contribution < -0.4 is 4.74 Å². The SMILES string of the molecule is COCOc1cc2c3c(oc2cc1C(C)(C)C)CCCC3. The Labute approximate surface area is 126 Å². The first-order valence-electron chi connectivity index (χ1n) is 7.71. The first-order valence-corrected chi connectivity index (χ1v) is 7.71. The van der Waals surface area contributed by atoms with Gasteiger partial charge in [0.1, 0.15) is 17.1 Å². The van der Waals surface area contributed by atoms with Gasteiger partial charge in [-0.25, -0.2) is 0 Å². The molecule has 21 heavy (non-hydrogen) atoms. The van der Waals surface area contributed by atoms with Gasteiger partial charge in [-0.1, -0.05) is 20.8 Å². The highest BCUT2D eigenvalue weighted by Crippen LogP contribution is 2.39. The van der Waals surface area contributed by atoms with Gasteiger partial charge < -0.3 is 13.9 Å². The molecule has 1 aliphatic rings. The molecule has 2 aromatic rings. The second-order valence-electron chi connectivity index (χ2n) is 6.86. The van der Waals surface area contributed by atoms with Crippen LogP contribution in [-0.2, 0) is 23.0 Å². The molecule has 0 amide bonds. The standard InChI is InChI=1S/C18H24O3/c1-18(2,3)14-10-16-13(9-17(14)20-11-19-4)12-7-5-6-8-15(12)21-16/h9-10H,5-8,11H2,1-4H3. The zero-order chi connectivity index (χ0) is 15.0. The van der Waals surface area contributed by atoms with Crippen LogP contribution in [0, 0.1) is 0 Å². The first kappa shape index (κ1) is 14.5. The largest absolute Gasteiger partial charge is 0.467 e. The Hall–Kier alpha value is -1.48. The van der Waals surface area contributed by atoms with Crippen molar-refractivity contribution in [2.24, 2.45) is 0 Å². The predicted molar refractivity (Wildman–Crippen MR) is 84.1 cm³/mol. The van der Waals surface area contributed by atoms with Crippen molar-refractivity contribution >= 4 is 11.0 Å². The number of furan rings is 1. The van der Waals surface area contributed by atoms with E-state index in [0.29, 0.717) is 0 Å². The summed E-state index contributed by atoms with van der Waals surface area (Å²) in [5, 5.41) is 1.21. The van der Waals surface area contributed by atoms with Crippen LogP contribution in [0.4, 0.5) is 0 Å². The van der Waals surface area contributed by atoms with Crippen molar-refractivity contribution in [3.8, 4) is 5.75 Å². The second-order valence-corrected chi connectivity index (χ2v) is 6.86. The fourth-order valence-corrected chi connectivity index (χ4v) is 3.12. The predicted octanol–water partition coefficient (Wildman–Crippen LogP) is 4.59. The molecule has 1 aliphatic carbocycles. The van der Waals surface area contributed by atoms with E-state index in [4.69, 9.17) is 13.9 Å². The number of fused-ring (bicyclic) bond motifs is 3. The van der Waals surface area contributed by atoms with Crippen LogP contribution in [0.3, 0.4) is 0 Å². The summed E-state index contributed by atoms with van der Waals surface area (Å²) in [5.41, 5.74) is 3.54. The van der Waals surface area contributed by atoms with Crippen molar-refractivity contribution in [2.75, 3.05) is 13.9 Å². The fraction of sp³-hybridized carbons (Fsp3) is 0.556. The van der Waals surface area contributed by atoms with E-state index in [9.17, 15) is 0 Å². The Morgan fingerprint density at radius 3 is 2.62 bits per heavy atom. The lowest BCUT2D eigenvalue weighted by molar-refractivity contribution is 0.0499. The molecule has 3 nitrogen and oxygen atoms in total. The van der Waals surface area contributed by atoms with E-state index in [-0.39, 0.29) is 12.2 Å². The third-order valence-electron chi connectivity index (χ3n) is 4.20. The molecule has 0 N–H and O–H groups in total. The number of rotatable bonds is 3. The summed E-state index contributed by atoms with van der Waals surface area (Å²) in [7, 11) is 1.65. The zero-order valence-corrected chi connectivity index (χ0v) is 13.4. The van der Waals surface area contributed by atoms with Gasteiger partial charge in [0.05, 0.1) is 0 Å². The van der Waals surface area contributed by atoms with Crippen LogP contribution in [0.5, 0.6) is 5.75 Å². The van der Waals surface area contributed by atoms with Crippen molar-refractivity contribution in [3.63, 3.8) is 0 Å². The van der Waals surface area contributed by atoms with E-state index in [1.807, 2.05) is 0 Å². The Morgan fingerprint density at radius 1 is 1.14 bits per heavy atom. The summed E-state index contributed by atoms with van der Waals surface area (Å²) in [5.74, 6) is 2.08. The summed E-state index contributed by atoms with van der Waals surface area (Å²) >= 11 is 0. The molecule has 0 saturated carbocycles. The molecular formula is C18H24O3. The average molecular weight is 288 g/mol. The van der Waals surface area contributed by atoms with Crippen LogP contribution in [0.1, 0.15) is 50.5 Å². The van der Waals surface area contributed by atoms with E-state index < -0.39 is 0 Å². The average Bonchev–Trinajstić information content (AvgIpc) is 2.81. The first-order chi connectivity index (χ1) is 10.0. The van der Waals surface area contributed by atoms with Crippen LogP contribution in [0.2, 0.25) is 0 Å². The molecule has 3 rings (SSSR count). The van der Waals surface area contributed by atoms with Crippen molar-refractivity contribution in [3.05, 3.63) is 29.0 Å². The van der Waals surface area contributed by atoms with E-state index in [2.05, 4.69) is 32.9 Å². The van der Waals surface area contributed by atoms with Gasteiger partial charge in [0.2, 0.25) is 0 Å². The van der Waals surface area contributed by atoms with Crippen molar-refractivity contribution in [2.45, 2.75) is 51.9 Å². The summed E-state index contributed by atoms with van der Waals surface area (Å²) in [6.07, 6.45) is 4.65. The molecule has 1 aromatic carbocycles. The third kappa shape index (κ3) is 2.67. The summed E-state index contributed by atoms with van der Waals surface area (Å²) in [6, 6.07) is 4.29. The van der Waals surface area contributed by atoms with E-state index in [1.54, 1.807) is 7.11 Å². The maximum Gasteiger partial charge on any atom is 0.188 e. The minimum atomic E-state index is 0.00452. The van der Waals surface area contributed by atoms with Crippen LogP contribution in [-0.4, -0.2) is 13.9 Å². The highest BCUT2D eigenvalue weighted by molar-refractivity contribution is 5.85. The maximum absolute atomic E-state index is 6.10. The Kier molecular flexibility index (Phi) is 3.70. The van der Waals surface area contributed by atoms with Gasteiger partial charge in [-0.2, -0.15) is 0 Å². The minimum absolute atomic E-state index is 0.00452. The molecule has 0 saturated heterocycles. The Balaban J connectivity index is 2.16. The summed E-state index contributed by atoms with van der Waals surface area (Å²) in [6.45, 7) is 6.85. The lowest BCUT2D eigenvalue weighted by Crippen LogP contribution is -2.14.